The standard InChI is InChI=1S/C17H20F2N2/c1-4-6-16(13-7-5-8-21(3)11-13)20-17-10-15(19)14(18)9-12(17)2/h5,7,9-11H,4,6,8H2,1-3H3. The number of rotatable bonds is 4. The van der Waals surface area contributed by atoms with E-state index in [1.54, 1.807) is 6.92 Å². The minimum absolute atomic E-state index is 0.486. The maximum Gasteiger partial charge on any atom is 0.160 e. The third kappa shape index (κ3) is 3.78. The third-order valence-corrected chi connectivity index (χ3v) is 3.36. The first-order valence-corrected chi connectivity index (χ1v) is 7.13. The maximum atomic E-state index is 13.4. The van der Waals surface area contributed by atoms with Crippen molar-refractivity contribution < 1.29 is 8.78 Å². The number of aryl methyl sites for hydroxylation is 1. The first-order valence-electron chi connectivity index (χ1n) is 7.13. The molecule has 0 aromatic heterocycles. The largest absolute Gasteiger partial charge is 0.376 e. The van der Waals surface area contributed by atoms with Gasteiger partial charge in [0.2, 0.25) is 0 Å². The number of benzene rings is 1. The van der Waals surface area contributed by atoms with Crippen LogP contribution in [-0.4, -0.2) is 24.2 Å². The summed E-state index contributed by atoms with van der Waals surface area (Å²) < 4.78 is 26.6. The number of nitrogens with zero attached hydrogens (tertiary/aromatic N) is 2. The Hall–Kier alpha value is -1.97. The summed E-state index contributed by atoms with van der Waals surface area (Å²) in [5.74, 6) is -1.69. The normalized spacial score (nSPS) is 15.4. The first-order chi connectivity index (χ1) is 10.0. The molecular weight excluding hydrogens is 270 g/mol. The molecule has 1 aliphatic heterocycles. The highest BCUT2D eigenvalue weighted by molar-refractivity contribution is 6.04. The second-order valence-corrected chi connectivity index (χ2v) is 5.29. The van der Waals surface area contributed by atoms with Gasteiger partial charge in [-0.15, -0.1) is 0 Å². The first kappa shape index (κ1) is 15.4. The zero-order chi connectivity index (χ0) is 15.4. The molecule has 0 amide bonds. The molecule has 0 saturated heterocycles. The predicted molar refractivity (Wildman–Crippen MR) is 83.0 cm³/mol. The van der Waals surface area contributed by atoms with E-state index >= 15 is 0 Å². The molecule has 0 unspecified atom stereocenters. The van der Waals surface area contributed by atoms with Crippen molar-refractivity contribution in [3.8, 4) is 0 Å². The van der Waals surface area contributed by atoms with Gasteiger partial charge in [-0.3, -0.25) is 4.99 Å². The molecule has 0 radical (unpaired) electrons. The Labute approximate surface area is 124 Å². The number of hydrogen-bond donors (Lipinski definition) is 0. The quantitative estimate of drug-likeness (QED) is 0.744. The molecule has 1 aliphatic rings. The van der Waals surface area contributed by atoms with Crippen LogP contribution >= 0.6 is 0 Å². The summed E-state index contributed by atoms with van der Waals surface area (Å²) in [6, 6.07) is 2.35. The van der Waals surface area contributed by atoms with Crippen LogP contribution in [0.1, 0.15) is 25.3 Å². The molecule has 112 valence electrons. The van der Waals surface area contributed by atoms with Crippen molar-refractivity contribution in [2.24, 2.45) is 4.99 Å². The smallest absolute Gasteiger partial charge is 0.160 e. The van der Waals surface area contributed by atoms with E-state index in [0.717, 1.165) is 36.7 Å². The van der Waals surface area contributed by atoms with E-state index in [1.165, 1.54) is 6.07 Å². The molecule has 0 spiro atoms. The van der Waals surface area contributed by atoms with Crippen LogP contribution in [0.4, 0.5) is 14.5 Å². The second kappa shape index (κ2) is 6.66. The molecule has 1 aromatic carbocycles. The van der Waals surface area contributed by atoms with E-state index in [0.29, 0.717) is 11.3 Å². The summed E-state index contributed by atoms with van der Waals surface area (Å²) in [7, 11) is 2.00. The lowest BCUT2D eigenvalue weighted by molar-refractivity contribution is 0.502. The van der Waals surface area contributed by atoms with Crippen LogP contribution in [0, 0.1) is 18.6 Å². The number of hydrogen-bond acceptors (Lipinski definition) is 2. The van der Waals surface area contributed by atoms with Crippen molar-refractivity contribution in [2.45, 2.75) is 26.7 Å². The Bertz CT molecular complexity index is 615. The van der Waals surface area contributed by atoms with Crippen LogP contribution in [-0.2, 0) is 0 Å². The molecule has 2 rings (SSSR count). The van der Waals surface area contributed by atoms with Gasteiger partial charge < -0.3 is 4.90 Å². The van der Waals surface area contributed by atoms with Gasteiger partial charge in [-0.05, 0) is 25.0 Å². The zero-order valence-corrected chi connectivity index (χ0v) is 12.7. The Morgan fingerprint density at radius 2 is 2.00 bits per heavy atom. The Kier molecular flexibility index (Phi) is 4.89. The maximum absolute atomic E-state index is 13.4. The summed E-state index contributed by atoms with van der Waals surface area (Å²) in [4.78, 5) is 6.64. The van der Waals surface area contributed by atoms with Crippen molar-refractivity contribution in [3.05, 3.63) is 53.3 Å². The van der Waals surface area contributed by atoms with Crippen LogP contribution in [0.3, 0.4) is 0 Å². The highest BCUT2D eigenvalue weighted by atomic mass is 19.2. The Balaban J connectivity index is 2.43. The lowest BCUT2D eigenvalue weighted by Crippen LogP contribution is -2.17. The fourth-order valence-electron chi connectivity index (χ4n) is 2.25. The van der Waals surface area contributed by atoms with Crippen LogP contribution in [0.2, 0.25) is 0 Å². The molecule has 0 bridgehead atoms. The molecule has 2 nitrogen and oxygen atoms in total. The number of allylic oxidation sites excluding steroid dienone is 2. The Morgan fingerprint density at radius 3 is 2.67 bits per heavy atom. The van der Waals surface area contributed by atoms with Crippen molar-refractivity contribution in [1.82, 2.24) is 4.90 Å². The molecule has 0 atom stereocenters. The summed E-state index contributed by atoms with van der Waals surface area (Å²) in [5.41, 5.74) is 3.04. The lowest BCUT2D eigenvalue weighted by Gasteiger charge is -2.19. The van der Waals surface area contributed by atoms with Crippen molar-refractivity contribution in [1.29, 1.82) is 0 Å². The predicted octanol–water partition coefficient (Wildman–Crippen LogP) is 4.53. The van der Waals surface area contributed by atoms with Crippen molar-refractivity contribution in [2.75, 3.05) is 13.6 Å². The van der Waals surface area contributed by atoms with Crippen molar-refractivity contribution >= 4 is 11.4 Å². The molecular formula is C17H20F2N2. The van der Waals surface area contributed by atoms with E-state index < -0.39 is 11.6 Å². The van der Waals surface area contributed by atoms with E-state index in [4.69, 9.17) is 0 Å². The molecule has 1 heterocycles. The monoisotopic (exact) mass is 290 g/mol. The average Bonchev–Trinajstić information content (AvgIpc) is 2.44. The fourth-order valence-corrected chi connectivity index (χ4v) is 2.25. The van der Waals surface area contributed by atoms with E-state index in [1.807, 2.05) is 19.3 Å². The highest BCUT2D eigenvalue weighted by Crippen LogP contribution is 2.24. The highest BCUT2D eigenvalue weighted by Gasteiger charge is 2.11. The van der Waals surface area contributed by atoms with E-state index in [-0.39, 0.29) is 0 Å². The van der Waals surface area contributed by atoms with Crippen LogP contribution in [0.15, 0.2) is 41.1 Å². The van der Waals surface area contributed by atoms with E-state index in [9.17, 15) is 8.78 Å². The molecule has 0 aliphatic carbocycles. The summed E-state index contributed by atoms with van der Waals surface area (Å²) in [5, 5.41) is 0. The molecule has 0 fully saturated rings. The average molecular weight is 290 g/mol. The minimum atomic E-state index is -0.861. The van der Waals surface area contributed by atoms with Gasteiger partial charge in [0.25, 0.3) is 0 Å². The van der Waals surface area contributed by atoms with Crippen molar-refractivity contribution in [3.63, 3.8) is 0 Å². The summed E-state index contributed by atoms with van der Waals surface area (Å²) >= 11 is 0. The molecule has 4 heteroatoms. The van der Waals surface area contributed by atoms with E-state index in [2.05, 4.69) is 22.9 Å². The third-order valence-electron chi connectivity index (χ3n) is 3.36. The summed E-state index contributed by atoms with van der Waals surface area (Å²) in [6.07, 6.45) is 7.87. The lowest BCUT2D eigenvalue weighted by atomic mass is 10.0. The molecule has 1 aromatic rings. The van der Waals surface area contributed by atoms with Crippen LogP contribution in [0.5, 0.6) is 0 Å². The minimum Gasteiger partial charge on any atom is -0.376 e. The van der Waals surface area contributed by atoms with Gasteiger partial charge in [0.15, 0.2) is 11.6 Å². The van der Waals surface area contributed by atoms with Gasteiger partial charge in [0.05, 0.1) is 5.69 Å². The number of likely N-dealkylation sites (N-methyl/N-ethyl adjacent to an activating group) is 1. The SMILES string of the molecule is CCCC(=Nc1cc(F)c(F)cc1C)C1=CN(C)CC=C1. The Morgan fingerprint density at radius 1 is 1.29 bits per heavy atom. The number of aliphatic imine (C=N–C) groups is 1. The van der Waals surface area contributed by atoms with Gasteiger partial charge in [-0.2, -0.15) is 0 Å². The molecule has 21 heavy (non-hydrogen) atoms. The van der Waals surface area contributed by atoms with Gasteiger partial charge >= 0.3 is 0 Å². The van der Waals surface area contributed by atoms with Gasteiger partial charge in [-0.1, -0.05) is 25.5 Å². The summed E-state index contributed by atoms with van der Waals surface area (Å²) in [6.45, 7) is 4.68. The van der Waals surface area contributed by atoms with Gasteiger partial charge in [-0.25, -0.2) is 8.78 Å². The zero-order valence-electron chi connectivity index (χ0n) is 12.7. The molecule has 0 N–H and O–H groups in total. The van der Waals surface area contributed by atoms with Crippen LogP contribution in [0.25, 0.3) is 0 Å². The fraction of sp³-hybridized carbons (Fsp3) is 0.353. The number of halogens is 2. The molecule has 0 saturated carbocycles. The van der Waals surface area contributed by atoms with Gasteiger partial charge in [0, 0.05) is 37.1 Å². The van der Waals surface area contributed by atoms with Crippen LogP contribution < -0.4 is 0 Å². The topological polar surface area (TPSA) is 15.6 Å². The second-order valence-electron chi connectivity index (χ2n) is 5.29. The van der Waals surface area contributed by atoms with Gasteiger partial charge in [0.1, 0.15) is 0 Å².